The second-order valence-electron chi connectivity index (χ2n) is 4.79. The van der Waals surface area contributed by atoms with Crippen molar-refractivity contribution in [3.63, 3.8) is 0 Å². The van der Waals surface area contributed by atoms with Crippen molar-refractivity contribution < 1.29 is 19.8 Å². The molecule has 3 N–H and O–H groups in total. The van der Waals surface area contributed by atoms with E-state index in [2.05, 4.69) is 21.2 Å². The van der Waals surface area contributed by atoms with Crippen molar-refractivity contribution in [3.05, 3.63) is 28.2 Å². The van der Waals surface area contributed by atoms with Crippen molar-refractivity contribution in [3.8, 4) is 0 Å². The number of likely N-dealkylation sites (tertiary alicyclic amines) is 1. The van der Waals surface area contributed by atoms with E-state index in [-0.39, 0.29) is 13.0 Å². The van der Waals surface area contributed by atoms with Gasteiger partial charge < -0.3 is 20.4 Å². The number of hydrogen-bond acceptors (Lipinski definition) is 3. The van der Waals surface area contributed by atoms with Gasteiger partial charge in [-0.2, -0.15) is 0 Å². The number of urea groups is 1. The predicted octanol–water partition coefficient (Wildman–Crippen LogP) is 1.81. The molecule has 2 amide bonds. The van der Waals surface area contributed by atoms with Gasteiger partial charge >= 0.3 is 12.0 Å². The Kier molecular flexibility index (Phi) is 4.29. The number of aliphatic hydroxyl groups excluding tert-OH is 1. The van der Waals surface area contributed by atoms with E-state index in [0.717, 1.165) is 14.9 Å². The first kappa shape index (κ1) is 14.8. The lowest BCUT2D eigenvalue weighted by Gasteiger charge is -2.22. The fourth-order valence-corrected chi connectivity index (χ4v) is 2.70. The monoisotopic (exact) mass is 342 g/mol. The number of hydrogen-bond donors (Lipinski definition) is 3. The molecule has 1 aromatic rings. The van der Waals surface area contributed by atoms with Crippen LogP contribution in [-0.4, -0.2) is 45.8 Å². The van der Waals surface area contributed by atoms with Gasteiger partial charge in [-0.25, -0.2) is 9.59 Å². The van der Waals surface area contributed by atoms with Crippen LogP contribution >= 0.6 is 15.9 Å². The second kappa shape index (κ2) is 5.80. The summed E-state index contributed by atoms with van der Waals surface area (Å²) >= 11 is 3.33. The lowest BCUT2D eigenvalue weighted by Crippen LogP contribution is -2.43. The smallest absolute Gasteiger partial charge is 0.326 e. The summed E-state index contributed by atoms with van der Waals surface area (Å²) in [7, 11) is 0. The second-order valence-corrected chi connectivity index (χ2v) is 5.70. The molecule has 1 aromatic carbocycles. The van der Waals surface area contributed by atoms with E-state index in [4.69, 9.17) is 5.11 Å². The molecule has 20 heavy (non-hydrogen) atoms. The molecule has 0 aliphatic carbocycles. The number of amides is 2. The van der Waals surface area contributed by atoms with Gasteiger partial charge in [-0.3, -0.25) is 0 Å². The Bertz CT molecular complexity index is 549. The van der Waals surface area contributed by atoms with Crippen LogP contribution in [0.2, 0.25) is 0 Å². The first-order valence-corrected chi connectivity index (χ1v) is 6.92. The lowest BCUT2D eigenvalue weighted by atomic mass is 10.2. The zero-order valence-corrected chi connectivity index (χ0v) is 12.4. The van der Waals surface area contributed by atoms with Gasteiger partial charge in [0, 0.05) is 23.1 Å². The Morgan fingerprint density at radius 1 is 1.45 bits per heavy atom. The molecule has 0 saturated carbocycles. The maximum absolute atomic E-state index is 12.1. The maximum atomic E-state index is 12.1. The van der Waals surface area contributed by atoms with Crippen LogP contribution < -0.4 is 5.32 Å². The first-order valence-electron chi connectivity index (χ1n) is 6.13. The summed E-state index contributed by atoms with van der Waals surface area (Å²) < 4.78 is 0.896. The van der Waals surface area contributed by atoms with Crippen LogP contribution in [0.4, 0.5) is 10.5 Å². The average molecular weight is 343 g/mol. The summed E-state index contributed by atoms with van der Waals surface area (Å²) in [5, 5.41) is 21.3. The van der Waals surface area contributed by atoms with Gasteiger partial charge in [-0.1, -0.05) is 15.9 Å². The number of carboxylic acid groups (broad SMARTS) is 1. The number of benzene rings is 1. The lowest BCUT2D eigenvalue weighted by molar-refractivity contribution is -0.141. The molecule has 1 heterocycles. The minimum atomic E-state index is -1.11. The van der Waals surface area contributed by atoms with Gasteiger partial charge in [0.15, 0.2) is 0 Å². The molecular weight excluding hydrogens is 328 g/mol. The standard InChI is InChI=1S/C13H15BrN2O4/c1-7-4-8(14)2-3-10(7)15-13(20)16-6-9(17)5-11(16)12(18)19/h2-4,9,11,17H,5-6H2,1H3,(H,15,20)(H,18,19)/t9-,11-/m1/s1. The van der Waals surface area contributed by atoms with Gasteiger partial charge in [0.1, 0.15) is 6.04 Å². The van der Waals surface area contributed by atoms with E-state index in [9.17, 15) is 14.7 Å². The van der Waals surface area contributed by atoms with E-state index < -0.39 is 24.1 Å². The number of nitrogens with zero attached hydrogens (tertiary/aromatic N) is 1. The summed E-state index contributed by atoms with van der Waals surface area (Å²) in [6, 6.07) is 3.87. The van der Waals surface area contributed by atoms with Crippen LogP contribution in [0.5, 0.6) is 0 Å². The number of nitrogens with one attached hydrogen (secondary N) is 1. The zero-order chi connectivity index (χ0) is 14.9. The van der Waals surface area contributed by atoms with Crippen molar-refractivity contribution in [1.82, 2.24) is 4.90 Å². The number of rotatable bonds is 2. The third-order valence-electron chi connectivity index (χ3n) is 3.25. The largest absolute Gasteiger partial charge is 0.480 e. The van der Waals surface area contributed by atoms with Crippen LogP contribution in [0.1, 0.15) is 12.0 Å². The molecule has 7 heteroatoms. The third kappa shape index (κ3) is 3.10. The van der Waals surface area contributed by atoms with Crippen molar-refractivity contribution in [2.24, 2.45) is 0 Å². The Hall–Kier alpha value is -1.60. The van der Waals surface area contributed by atoms with E-state index in [1.807, 2.05) is 13.0 Å². The van der Waals surface area contributed by atoms with Crippen molar-refractivity contribution in [2.75, 3.05) is 11.9 Å². The molecular formula is C13H15BrN2O4. The van der Waals surface area contributed by atoms with Crippen molar-refractivity contribution >= 4 is 33.6 Å². The quantitative estimate of drug-likeness (QED) is 0.764. The Morgan fingerprint density at radius 2 is 2.15 bits per heavy atom. The number of carbonyl (C=O) groups excluding carboxylic acids is 1. The summed E-state index contributed by atoms with van der Waals surface area (Å²) in [6.07, 6.45) is -0.741. The highest BCUT2D eigenvalue weighted by atomic mass is 79.9. The third-order valence-corrected chi connectivity index (χ3v) is 3.75. The average Bonchev–Trinajstić information content (AvgIpc) is 2.75. The van der Waals surface area contributed by atoms with Gasteiger partial charge in [-0.05, 0) is 30.7 Å². The first-order chi connectivity index (χ1) is 9.38. The topological polar surface area (TPSA) is 89.9 Å². The molecule has 108 valence electrons. The van der Waals surface area contributed by atoms with E-state index in [0.29, 0.717) is 5.69 Å². The van der Waals surface area contributed by atoms with Crippen molar-refractivity contribution in [1.29, 1.82) is 0 Å². The molecule has 2 atom stereocenters. The highest BCUT2D eigenvalue weighted by molar-refractivity contribution is 9.10. The Balaban J connectivity index is 2.13. The van der Waals surface area contributed by atoms with Gasteiger partial charge in [0.2, 0.25) is 0 Å². The number of carboxylic acids is 1. The van der Waals surface area contributed by atoms with E-state index in [1.165, 1.54) is 0 Å². The Labute approximate surface area is 124 Å². The molecule has 0 spiro atoms. The normalized spacial score (nSPS) is 21.9. The van der Waals surface area contributed by atoms with Gasteiger partial charge in [0.05, 0.1) is 6.10 Å². The SMILES string of the molecule is Cc1cc(Br)ccc1NC(=O)N1C[C@H](O)C[C@@H]1C(=O)O. The van der Waals surface area contributed by atoms with Crippen LogP contribution in [0.25, 0.3) is 0 Å². The summed E-state index contributed by atoms with van der Waals surface area (Å²) in [5.41, 5.74) is 1.48. The van der Waals surface area contributed by atoms with Crippen LogP contribution in [0.3, 0.4) is 0 Å². The molecule has 1 fully saturated rings. The molecule has 0 bridgehead atoms. The molecule has 1 saturated heterocycles. The maximum Gasteiger partial charge on any atom is 0.326 e. The van der Waals surface area contributed by atoms with Crippen LogP contribution in [0, 0.1) is 6.92 Å². The predicted molar refractivity (Wildman–Crippen MR) is 76.7 cm³/mol. The molecule has 0 unspecified atom stereocenters. The number of aryl methyl sites for hydroxylation is 1. The minimum Gasteiger partial charge on any atom is -0.480 e. The van der Waals surface area contributed by atoms with E-state index in [1.54, 1.807) is 12.1 Å². The zero-order valence-electron chi connectivity index (χ0n) is 10.8. The molecule has 0 aromatic heterocycles. The fourth-order valence-electron chi connectivity index (χ4n) is 2.23. The fraction of sp³-hybridized carbons (Fsp3) is 0.385. The number of anilines is 1. The minimum absolute atomic E-state index is 0.0262. The number of carbonyl (C=O) groups is 2. The Morgan fingerprint density at radius 3 is 2.75 bits per heavy atom. The molecule has 0 radical (unpaired) electrons. The summed E-state index contributed by atoms with van der Waals surface area (Å²) in [5.74, 6) is -1.11. The van der Waals surface area contributed by atoms with Gasteiger partial charge in [0.25, 0.3) is 0 Å². The highest BCUT2D eigenvalue weighted by Crippen LogP contribution is 2.23. The molecule has 1 aliphatic rings. The van der Waals surface area contributed by atoms with Gasteiger partial charge in [-0.15, -0.1) is 0 Å². The molecule has 6 nitrogen and oxygen atoms in total. The number of aliphatic carboxylic acids is 1. The molecule has 1 aliphatic heterocycles. The highest BCUT2D eigenvalue weighted by Gasteiger charge is 2.39. The van der Waals surface area contributed by atoms with Crippen LogP contribution in [-0.2, 0) is 4.79 Å². The number of halogens is 1. The van der Waals surface area contributed by atoms with Crippen LogP contribution in [0.15, 0.2) is 22.7 Å². The van der Waals surface area contributed by atoms with Crippen molar-refractivity contribution in [2.45, 2.75) is 25.5 Å². The van der Waals surface area contributed by atoms with E-state index >= 15 is 0 Å². The number of β-amino-alcohol motifs (C(OH)–C–C–N with tert-alkyl or cyclic N) is 1. The summed E-state index contributed by atoms with van der Waals surface area (Å²) in [6.45, 7) is 1.87. The molecule has 2 rings (SSSR count). The number of aliphatic hydroxyl groups is 1. The summed E-state index contributed by atoms with van der Waals surface area (Å²) in [4.78, 5) is 24.4.